The van der Waals surface area contributed by atoms with Crippen LogP contribution in [0.5, 0.6) is 0 Å². The Morgan fingerprint density at radius 1 is 1.36 bits per heavy atom. The summed E-state index contributed by atoms with van der Waals surface area (Å²) < 4.78 is 0. The van der Waals surface area contributed by atoms with Crippen molar-refractivity contribution >= 4 is 0 Å². The fourth-order valence-corrected chi connectivity index (χ4v) is 0.955. The molecule has 11 heavy (non-hydrogen) atoms. The van der Waals surface area contributed by atoms with E-state index in [0.29, 0.717) is 0 Å². The average molecular weight is 156 g/mol. The molecule has 0 heteroatoms. The van der Waals surface area contributed by atoms with Crippen LogP contribution in [0.15, 0.2) is 12.7 Å². The van der Waals surface area contributed by atoms with Crippen molar-refractivity contribution in [3.63, 3.8) is 0 Å². The van der Waals surface area contributed by atoms with Gasteiger partial charge in [0.15, 0.2) is 0 Å². The predicted molar refractivity (Wildman–Crippen MR) is 54.9 cm³/mol. The van der Waals surface area contributed by atoms with E-state index in [9.17, 15) is 0 Å². The molecule has 0 aromatic rings. The number of allylic oxidation sites excluding steroid dienone is 1. The van der Waals surface area contributed by atoms with Gasteiger partial charge in [-0.2, -0.15) is 0 Å². The molecule has 0 heterocycles. The average Bonchev–Trinajstić information content (AvgIpc) is 2.05. The van der Waals surface area contributed by atoms with Crippen molar-refractivity contribution in [1.29, 1.82) is 0 Å². The molecule has 0 nitrogen and oxygen atoms in total. The van der Waals surface area contributed by atoms with Crippen molar-refractivity contribution in [3.8, 4) is 0 Å². The first-order chi connectivity index (χ1) is 5.31. The maximum atomic E-state index is 3.71. The van der Waals surface area contributed by atoms with E-state index in [2.05, 4.69) is 20.4 Å². The Hall–Kier alpha value is -0.260. The molecule has 0 fully saturated rings. The van der Waals surface area contributed by atoms with Crippen LogP contribution in [-0.4, -0.2) is 0 Å². The fourth-order valence-electron chi connectivity index (χ4n) is 0.955. The van der Waals surface area contributed by atoms with Gasteiger partial charge in [0.05, 0.1) is 0 Å². The van der Waals surface area contributed by atoms with Gasteiger partial charge in [0.1, 0.15) is 0 Å². The van der Waals surface area contributed by atoms with E-state index < -0.39 is 0 Å². The van der Waals surface area contributed by atoms with Crippen molar-refractivity contribution in [2.75, 3.05) is 0 Å². The molecule has 1 unspecified atom stereocenters. The molecule has 0 amide bonds. The normalized spacial score (nSPS) is 11.3. The van der Waals surface area contributed by atoms with Gasteiger partial charge >= 0.3 is 0 Å². The third-order valence-corrected chi connectivity index (χ3v) is 1.62. The summed E-state index contributed by atoms with van der Waals surface area (Å²) in [6.45, 7) is 12.2. The van der Waals surface area contributed by atoms with Crippen LogP contribution >= 0.6 is 0 Å². The van der Waals surface area contributed by atoms with Gasteiger partial charge in [0.2, 0.25) is 0 Å². The lowest BCUT2D eigenvalue weighted by atomic mass is 10.0. The zero-order valence-electron chi connectivity index (χ0n) is 8.69. The summed E-state index contributed by atoms with van der Waals surface area (Å²) in [5.41, 5.74) is 0. The molecule has 0 saturated carbocycles. The van der Waals surface area contributed by atoms with Gasteiger partial charge < -0.3 is 0 Å². The molecule has 0 radical (unpaired) electrons. The van der Waals surface area contributed by atoms with E-state index in [-0.39, 0.29) is 0 Å². The lowest BCUT2D eigenvalue weighted by molar-refractivity contribution is 0.512. The first-order valence-corrected chi connectivity index (χ1v) is 4.92. The largest absolute Gasteiger partial charge is 0.103 e. The number of hydrogen-bond acceptors (Lipinski definition) is 0. The third kappa shape index (κ3) is 12.8. The lowest BCUT2D eigenvalue weighted by Crippen LogP contribution is -1.90. The number of rotatable bonds is 5. The zero-order valence-corrected chi connectivity index (χ0v) is 8.69. The SMILES string of the molecule is C=CCC(C)CCCC.CC. The molecule has 1 atom stereocenters. The molecule has 0 bridgehead atoms. The van der Waals surface area contributed by atoms with Crippen LogP contribution in [-0.2, 0) is 0 Å². The molecule has 0 rings (SSSR count). The molecule has 0 spiro atoms. The molecule has 0 aromatic heterocycles. The minimum absolute atomic E-state index is 0.849. The Morgan fingerprint density at radius 2 is 1.91 bits per heavy atom. The van der Waals surface area contributed by atoms with Gasteiger partial charge in [-0.1, -0.05) is 53.0 Å². The van der Waals surface area contributed by atoms with Gasteiger partial charge in [0, 0.05) is 0 Å². The van der Waals surface area contributed by atoms with Gasteiger partial charge in [-0.25, -0.2) is 0 Å². The van der Waals surface area contributed by atoms with Crippen LogP contribution in [0.3, 0.4) is 0 Å². The number of hydrogen-bond donors (Lipinski definition) is 0. The molecule has 0 saturated heterocycles. The highest BCUT2D eigenvalue weighted by molar-refractivity contribution is 4.69. The topological polar surface area (TPSA) is 0 Å². The highest BCUT2D eigenvalue weighted by Crippen LogP contribution is 2.11. The highest BCUT2D eigenvalue weighted by atomic mass is 14.0. The number of unbranched alkanes of at least 4 members (excludes halogenated alkanes) is 1. The fraction of sp³-hybridized carbons (Fsp3) is 0.818. The molecule has 68 valence electrons. The van der Waals surface area contributed by atoms with Gasteiger partial charge in [-0.15, -0.1) is 6.58 Å². The van der Waals surface area contributed by atoms with Crippen molar-refractivity contribution in [3.05, 3.63) is 12.7 Å². The molecule has 0 N–H and O–H groups in total. The second kappa shape index (κ2) is 12.4. The summed E-state index contributed by atoms with van der Waals surface area (Å²) in [4.78, 5) is 0. The summed E-state index contributed by atoms with van der Waals surface area (Å²) in [7, 11) is 0. The predicted octanol–water partition coefficient (Wildman–Crippen LogP) is 4.42. The van der Waals surface area contributed by atoms with Crippen LogP contribution in [0, 0.1) is 5.92 Å². The lowest BCUT2D eigenvalue weighted by Gasteiger charge is -2.05. The second-order valence-electron chi connectivity index (χ2n) is 2.77. The van der Waals surface area contributed by atoms with E-state index in [0.717, 1.165) is 5.92 Å². The smallest absolute Gasteiger partial charge is 0.0328 e. The molecular formula is C11H24. The van der Waals surface area contributed by atoms with Gasteiger partial charge in [-0.3, -0.25) is 0 Å². The summed E-state index contributed by atoms with van der Waals surface area (Å²) in [5.74, 6) is 0.849. The van der Waals surface area contributed by atoms with Crippen LogP contribution in [0.4, 0.5) is 0 Å². The summed E-state index contributed by atoms with van der Waals surface area (Å²) in [5, 5.41) is 0. The van der Waals surface area contributed by atoms with E-state index >= 15 is 0 Å². The van der Waals surface area contributed by atoms with Crippen LogP contribution in [0.1, 0.15) is 53.4 Å². The molecule has 0 aliphatic heterocycles. The van der Waals surface area contributed by atoms with Crippen molar-refractivity contribution in [1.82, 2.24) is 0 Å². The quantitative estimate of drug-likeness (QED) is 0.517. The maximum Gasteiger partial charge on any atom is -0.0328 e. The minimum Gasteiger partial charge on any atom is -0.103 e. The van der Waals surface area contributed by atoms with E-state index in [4.69, 9.17) is 0 Å². The van der Waals surface area contributed by atoms with Crippen molar-refractivity contribution in [2.45, 2.75) is 53.4 Å². The van der Waals surface area contributed by atoms with Crippen LogP contribution < -0.4 is 0 Å². The Labute approximate surface area is 72.7 Å². The van der Waals surface area contributed by atoms with E-state index in [1.54, 1.807) is 0 Å². The Balaban J connectivity index is 0. The van der Waals surface area contributed by atoms with Crippen LogP contribution in [0.2, 0.25) is 0 Å². The third-order valence-electron chi connectivity index (χ3n) is 1.62. The van der Waals surface area contributed by atoms with E-state index in [1.807, 2.05) is 19.9 Å². The molecule has 0 aromatic carbocycles. The Morgan fingerprint density at radius 3 is 2.27 bits per heavy atom. The van der Waals surface area contributed by atoms with Gasteiger partial charge in [-0.05, 0) is 12.3 Å². The highest BCUT2D eigenvalue weighted by Gasteiger charge is 1.96. The molecular weight excluding hydrogens is 132 g/mol. The van der Waals surface area contributed by atoms with E-state index in [1.165, 1.54) is 25.7 Å². The minimum atomic E-state index is 0.849. The summed E-state index contributed by atoms with van der Waals surface area (Å²) >= 11 is 0. The molecule has 0 aliphatic rings. The monoisotopic (exact) mass is 156 g/mol. The maximum absolute atomic E-state index is 3.71. The van der Waals surface area contributed by atoms with Gasteiger partial charge in [0.25, 0.3) is 0 Å². The summed E-state index contributed by atoms with van der Waals surface area (Å²) in [6, 6.07) is 0. The standard InChI is InChI=1S/C9H18.C2H6/c1-4-6-8-9(3)7-5-2;1-2/h5,9H,2,4,6-8H2,1,3H3;1-2H3. The first-order valence-electron chi connectivity index (χ1n) is 4.92. The van der Waals surface area contributed by atoms with Crippen molar-refractivity contribution < 1.29 is 0 Å². The Kier molecular flexibility index (Phi) is 15.1. The van der Waals surface area contributed by atoms with Crippen molar-refractivity contribution in [2.24, 2.45) is 5.92 Å². The Bertz CT molecular complexity index is 64.4. The first kappa shape index (κ1) is 13.3. The second-order valence-corrected chi connectivity index (χ2v) is 2.77. The molecule has 0 aliphatic carbocycles. The van der Waals surface area contributed by atoms with Crippen LogP contribution in [0.25, 0.3) is 0 Å². The summed E-state index contributed by atoms with van der Waals surface area (Å²) in [6.07, 6.45) is 7.25. The zero-order chi connectivity index (χ0) is 9.11.